The fourth-order valence-electron chi connectivity index (χ4n) is 1.71. The maximum absolute atomic E-state index is 8.74. The Balaban J connectivity index is 0.000000555. The van der Waals surface area contributed by atoms with Crippen molar-refractivity contribution in [1.82, 2.24) is 4.57 Å². The molecule has 0 spiro atoms. The van der Waals surface area contributed by atoms with Crippen molar-refractivity contribution >= 4 is 10.4 Å². The van der Waals surface area contributed by atoms with Crippen LogP contribution in [0.3, 0.4) is 0 Å². The minimum atomic E-state index is -4.67. The van der Waals surface area contributed by atoms with Gasteiger partial charge in [-0.3, -0.25) is 9.11 Å². The van der Waals surface area contributed by atoms with Crippen molar-refractivity contribution in [3.63, 3.8) is 0 Å². The first-order valence-corrected chi connectivity index (χ1v) is 7.93. The number of imidazole rings is 1. The Morgan fingerprint density at radius 2 is 1.63 bits per heavy atom. The summed E-state index contributed by atoms with van der Waals surface area (Å²) in [5.74, 6) is 0. The van der Waals surface area contributed by atoms with Gasteiger partial charge in [-0.05, 0) is 12.8 Å². The van der Waals surface area contributed by atoms with Gasteiger partial charge in [0.25, 0.3) is 0 Å². The monoisotopic (exact) mass is 293 g/mol. The number of aromatic nitrogens is 2. The molecule has 1 aromatic heterocycles. The van der Waals surface area contributed by atoms with Crippen LogP contribution in [-0.4, -0.2) is 22.1 Å². The van der Waals surface area contributed by atoms with E-state index in [1.165, 1.54) is 45.1 Å². The van der Waals surface area contributed by atoms with E-state index in [0.717, 1.165) is 0 Å². The summed E-state index contributed by atoms with van der Waals surface area (Å²) < 4.78 is 35.9. The lowest BCUT2D eigenvalue weighted by Crippen LogP contribution is -2.30. The SMILES string of the molecule is CCCCCCCC[n+]1ccn(C)c1.O=S(=O)(O)O. The van der Waals surface area contributed by atoms with E-state index in [1.807, 2.05) is 0 Å². The highest BCUT2D eigenvalue weighted by Gasteiger charge is 1.98. The van der Waals surface area contributed by atoms with Crippen LogP contribution in [0.25, 0.3) is 0 Å². The van der Waals surface area contributed by atoms with Gasteiger partial charge in [-0.2, -0.15) is 8.42 Å². The molecule has 0 unspecified atom stereocenters. The normalized spacial score (nSPS) is 10.9. The van der Waals surface area contributed by atoms with Crippen molar-refractivity contribution in [3.8, 4) is 0 Å². The molecule has 7 heteroatoms. The molecule has 112 valence electrons. The molecule has 0 fully saturated rings. The Bertz CT molecular complexity index is 421. The Morgan fingerprint density at radius 3 is 2.11 bits per heavy atom. The van der Waals surface area contributed by atoms with Crippen LogP contribution in [0, 0.1) is 0 Å². The van der Waals surface area contributed by atoms with Crippen LogP contribution in [0.1, 0.15) is 45.4 Å². The van der Waals surface area contributed by atoms with Crippen LogP contribution >= 0.6 is 0 Å². The molecule has 0 aliphatic carbocycles. The number of rotatable bonds is 7. The molecule has 0 radical (unpaired) electrons. The van der Waals surface area contributed by atoms with E-state index < -0.39 is 10.4 Å². The summed E-state index contributed by atoms with van der Waals surface area (Å²) in [5.41, 5.74) is 0. The van der Waals surface area contributed by atoms with Gasteiger partial charge in [0.1, 0.15) is 12.4 Å². The van der Waals surface area contributed by atoms with Gasteiger partial charge in [-0.25, -0.2) is 9.13 Å². The maximum atomic E-state index is 8.74. The minimum absolute atomic E-state index is 1.17. The van der Waals surface area contributed by atoms with Gasteiger partial charge in [0, 0.05) is 0 Å². The highest BCUT2D eigenvalue weighted by atomic mass is 32.3. The Labute approximate surface area is 115 Å². The summed E-state index contributed by atoms with van der Waals surface area (Å²) >= 11 is 0. The molecule has 1 aromatic rings. The van der Waals surface area contributed by atoms with Crippen LogP contribution in [0.5, 0.6) is 0 Å². The molecule has 0 aromatic carbocycles. The molecule has 0 saturated carbocycles. The first-order valence-electron chi connectivity index (χ1n) is 6.54. The quantitative estimate of drug-likeness (QED) is 0.458. The largest absolute Gasteiger partial charge is 0.394 e. The Hall–Kier alpha value is -0.920. The van der Waals surface area contributed by atoms with Crippen molar-refractivity contribution in [1.29, 1.82) is 0 Å². The third-order valence-corrected chi connectivity index (χ3v) is 2.59. The standard InChI is InChI=1S/C12H23N2.H2O4S/c1-3-4-5-6-7-8-9-14-11-10-13(2)12-14;1-5(2,3)4/h10-12H,3-9H2,1-2H3;(H2,1,2,3,4)/q+1;. The minimum Gasteiger partial charge on any atom is -0.264 e. The van der Waals surface area contributed by atoms with Crippen LogP contribution < -0.4 is 4.57 Å². The lowest BCUT2D eigenvalue weighted by molar-refractivity contribution is -0.696. The number of hydrogen-bond donors (Lipinski definition) is 2. The van der Waals surface area contributed by atoms with E-state index in [2.05, 4.69) is 41.8 Å². The molecular weight excluding hydrogens is 268 g/mol. The molecule has 0 bridgehead atoms. The third-order valence-electron chi connectivity index (χ3n) is 2.59. The van der Waals surface area contributed by atoms with Crippen molar-refractivity contribution in [2.45, 2.75) is 52.0 Å². The second kappa shape index (κ2) is 9.94. The van der Waals surface area contributed by atoms with E-state index in [4.69, 9.17) is 17.5 Å². The summed E-state index contributed by atoms with van der Waals surface area (Å²) in [6, 6.07) is 0. The third kappa shape index (κ3) is 15.0. The van der Waals surface area contributed by atoms with Crippen molar-refractivity contribution in [2.24, 2.45) is 7.05 Å². The van der Waals surface area contributed by atoms with Crippen molar-refractivity contribution < 1.29 is 22.1 Å². The molecule has 0 atom stereocenters. The zero-order valence-electron chi connectivity index (χ0n) is 11.7. The van der Waals surface area contributed by atoms with E-state index in [1.54, 1.807) is 0 Å². The average molecular weight is 293 g/mol. The lowest BCUT2D eigenvalue weighted by Gasteiger charge is -1.98. The van der Waals surface area contributed by atoms with Crippen LogP contribution in [0.4, 0.5) is 0 Å². The topological polar surface area (TPSA) is 83.4 Å². The molecule has 0 aliphatic heterocycles. The molecule has 0 aliphatic rings. The molecule has 1 heterocycles. The van der Waals surface area contributed by atoms with E-state index >= 15 is 0 Å². The summed E-state index contributed by atoms with van der Waals surface area (Å²) in [5, 5.41) is 0. The smallest absolute Gasteiger partial charge is 0.264 e. The fraction of sp³-hybridized carbons (Fsp3) is 0.750. The van der Waals surface area contributed by atoms with Crippen LogP contribution in [-0.2, 0) is 24.0 Å². The first kappa shape index (κ1) is 18.1. The Morgan fingerprint density at radius 1 is 1.11 bits per heavy atom. The molecule has 0 saturated heterocycles. The highest BCUT2D eigenvalue weighted by Crippen LogP contribution is 2.04. The first-order chi connectivity index (χ1) is 8.83. The second-order valence-corrected chi connectivity index (χ2v) is 5.43. The number of aryl methyl sites for hydroxylation is 2. The predicted molar refractivity (Wildman–Crippen MR) is 73.2 cm³/mol. The second-order valence-electron chi connectivity index (χ2n) is 4.53. The molecule has 6 nitrogen and oxygen atoms in total. The van der Waals surface area contributed by atoms with E-state index in [-0.39, 0.29) is 0 Å². The van der Waals surface area contributed by atoms with Gasteiger partial charge >= 0.3 is 10.4 Å². The van der Waals surface area contributed by atoms with E-state index in [0.29, 0.717) is 0 Å². The molecule has 0 amide bonds. The summed E-state index contributed by atoms with van der Waals surface area (Å²) in [4.78, 5) is 0. The fourth-order valence-corrected chi connectivity index (χ4v) is 1.71. The molecular formula is C12H25N2O4S+. The lowest BCUT2D eigenvalue weighted by atomic mass is 10.1. The molecule has 2 N–H and O–H groups in total. The number of hydrogen-bond acceptors (Lipinski definition) is 2. The summed E-state index contributed by atoms with van der Waals surface area (Å²) in [7, 11) is -2.60. The highest BCUT2D eigenvalue weighted by molar-refractivity contribution is 7.79. The maximum Gasteiger partial charge on any atom is 0.394 e. The van der Waals surface area contributed by atoms with Gasteiger partial charge in [0.05, 0.1) is 13.6 Å². The zero-order chi connectivity index (χ0) is 14.7. The number of nitrogens with zero attached hydrogens (tertiary/aromatic N) is 2. The number of unbranched alkanes of at least 4 members (excludes halogenated alkanes) is 5. The summed E-state index contributed by atoms with van der Waals surface area (Å²) in [6.45, 7) is 3.44. The predicted octanol–water partition coefficient (Wildman–Crippen LogP) is 2.02. The van der Waals surface area contributed by atoms with Gasteiger partial charge in [0.2, 0.25) is 6.33 Å². The van der Waals surface area contributed by atoms with Crippen LogP contribution in [0.2, 0.25) is 0 Å². The van der Waals surface area contributed by atoms with Gasteiger partial charge in [0.15, 0.2) is 0 Å². The zero-order valence-corrected chi connectivity index (χ0v) is 12.5. The van der Waals surface area contributed by atoms with Crippen molar-refractivity contribution in [3.05, 3.63) is 18.7 Å². The van der Waals surface area contributed by atoms with Gasteiger partial charge in [-0.15, -0.1) is 0 Å². The van der Waals surface area contributed by atoms with Gasteiger partial charge in [-0.1, -0.05) is 32.6 Å². The Kier molecular flexibility index (Phi) is 9.46. The summed E-state index contributed by atoms with van der Waals surface area (Å²) in [6.07, 6.45) is 14.6. The average Bonchev–Trinajstić information content (AvgIpc) is 2.67. The molecule has 1 rings (SSSR count). The van der Waals surface area contributed by atoms with Crippen molar-refractivity contribution in [2.75, 3.05) is 0 Å². The van der Waals surface area contributed by atoms with E-state index in [9.17, 15) is 0 Å². The molecule has 19 heavy (non-hydrogen) atoms. The van der Waals surface area contributed by atoms with Crippen LogP contribution in [0.15, 0.2) is 18.7 Å². The van der Waals surface area contributed by atoms with Gasteiger partial charge < -0.3 is 0 Å².